The van der Waals surface area contributed by atoms with Gasteiger partial charge in [-0.1, -0.05) is 81.8 Å². The summed E-state index contributed by atoms with van der Waals surface area (Å²) in [6, 6.07) is 14.1. The molecule has 3 amide bonds. The van der Waals surface area contributed by atoms with Gasteiger partial charge in [0.05, 0.1) is 22.7 Å². The summed E-state index contributed by atoms with van der Waals surface area (Å²) < 4.78 is 12.1. The highest BCUT2D eigenvalue weighted by molar-refractivity contribution is 6.74. The van der Waals surface area contributed by atoms with Gasteiger partial charge >= 0.3 is 12.2 Å². The number of hydrogen-bond donors (Lipinski definition) is 3. The normalized spacial score (nSPS) is 24.1. The Bertz CT molecular complexity index is 1450. The molecule has 244 valence electrons. The van der Waals surface area contributed by atoms with Crippen molar-refractivity contribution in [2.45, 2.75) is 103 Å². The fourth-order valence-corrected chi connectivity index (χ4v) is 7.60. The number of ether oxygens (including phenoxy) is 1. The average Bonchev–Trinajstić information content (AvgIpc) is 2.93. The van der Waals surface area contributed by atoms with Gasteiger partial charge in [0.2, 0.25) is 11.9 Å². The Kier molecular flexibility index (Phi) is 10.4. The number of carbonyl (C=O) groups is 3. The van der Waals surface area contributed by atoms with Crippen molar-refractivity contribution in [2.24, 2.45) is 10.9 Å². The Morgan fingerprint density at radius 3 is 2.42 bits per heavy atom. The molecule has 0 bridgehead atoms. The van der Waals surface area contributed by atoms with E-state index in [0.717, 1.165) is 12.0 Å². The van der Waals surface area contributed by atoms with Gasteiger partial charge in [-0.2, -0.15) is 0 Å². The van der Waals surface area contributed by atoms with E-state index in [4.69, 9.17) is 25.8 Å². The molecular formula is C33H45ClN4O6Si. The molecule has 4 rings (SSSR count). The minimum Gasteiger partial charge on any atom is -0.465 e. The Labute approximate surface area is 271 Å². The summed E-state index contributed by atoms with van der Waals surface area (Å²) in [6.07, 6.45) is 0.127. The molecule has 10 nitrogen and oxygen atoms in total. The van der Waals surface area contributed by atoms with Gasteiger partial charge < -0.3 is 14.3 Å². The quantitative estimate of drug-likeness (QED) is 0.262. The lowest BCUT2D eigenvalue weighted by atomic mass is 9.82. The zero-order chi connectivity index (χ0) is 33.2. The van der Waals surface area contributed by atoms with Gasteiger partial charge in [-0.15, -0.1) is 0 Å². The number of carbonyl (C=O) groups excluding carboxylic acids is 2. The van der Waals surface area contributed by atoms with E-state index in [1.54, 1.807) is 25.1 Å². The summed E-state index contributed by atoms with van der Waals surface area (Å²) in [7, 11) is -1.98. The predicted octanol–water partition coefficient (Wildman–Crippen LogP) is 7.74. The van der Waals surface area contributed by atoms with E-state index in [2.05, 4.69) is 51.4 Å². The van der Waals surface area contributed by atoms with Gasteiger partial charge in [-0.05, 0) is 61.9 Å². The molecule has 0 spiro atoms. The second-order valence-electron chi connectivity index (χ2n) is 13.8. The third-order valence-corrected chi connectivity index (χ3v) is 14.2. The van der Waals surface area contributed by atoms with Crippen LogP contribution >= 0.6 is 11.6 Å². The molecule has 1 aliphatic carbocycles. The zero-order valence-corrected chi connectivity index (χ0v) is 28.9. The number of anilines is 1. The maximum atomic E-state index is 13.9. The van der Waals surface area contributed by atoms with Gasteiger partial charge in [-0.3, -0.25) is 20.3 Å². The molecule has 1 heterocycles. The summed E-state index contributed by atoms with van der Waals surface area (Å²) in [4.78, 5) is 44.6. The third-order valence-electron chi connectivity index (χ3n) is 9.27. The molecule has 3 N–H and O–H groups in total. The molecular weight excluding hydrogens is 612 g/mol. The predicted molar refractivity (Wildman–Crippen MR) is 178 cm³/mol. The van der Waals surface area contributed by atoms with E-state index in [1.165, 1.54) is 4.90 Å². The van der Waals surface area contributed by atoms with E-state index < -0.39 is 26.0 Å². The number of amides is 3. The van der Waals surface area contributed by atoms with Crippen LogP contribution in [-0.2, 0) is 26.1 Å². The van der Waals surface area contributed by atoms with Crippen LogP contribution in [0.2, 0.25) is 23.2 Å². The SMILES string of the molecule is C[C@H]1C[C@@H](N2C(=O)C[C@@](C)(c3cccc(NC(=O)OCc4ccccc4)c3Cl)N=C2NC(=O)O)CCC1O[Si](C)(C)C(C)(C)C. The molecule has 2 aromatic carbocycles. The topological polar surface area (TPSA) is 130 Å². The average molecular weight is 657 g/mol. The monoisotopic (exact) mass is 656 g/mol. The van der Waals surface area contributed by atoms with Crippen molar-refractivity contribution in [3.63, 3.8) is 0 Å². The van der Waals surface area contributed by atoms with Gasteiger partial charge in [0, 0.05) is 17.7 Å². The number of halogens is 1. The van der Waals surface area contributed by atoms with E-state index in [-0.39, 0.29) is 53.0 Å². The van der Waals surface area contributed by atoms with Crippen LogP contribution in [-0.4, -0.2) is 54.5 Å². The largest absolute Gasteiger partial charge is 0.465 e. The number of hydrogen-bond acceptors (Lipinski definition) is 6. The molecule has 45 heavy (non-hydrogen) atoms. The highest BCUT2D eigenvalue weighted by Gasteiger charge is 2.46. The van der Waals surface area contributed by atoms with Crippen molar-refractivity contribution in [1.82, 2.24) is 10.2 Å². The van der Waals surface area contributed by atoms with Crippen LogP contribution in [0, 0.1) is 5.92 Å². The summed E-state index contributed by atoms with van der Waals surface area (Å²) in [5.41, 5.74) is 0.411. The van der Waals surface area contributed by atoms with E-state index in [0.29, 0.717) is 24.1 Å². The highest BCUT2D eigenvalue weighted by Crippen LogP contribution is 2.43. The number of aliphatic imine (C=N–C) groups is 1. The minimum absolute atomic E-state index is 0.0288. The second kappa shape index (κ2) is 13.5. The fourth-order valence-electron chi connectivity index (χ4n) is 5.76. The second-order valence-corrected chi connectivity index (χ2v) is 18.9. The lowest BCUT2D eigenvalue weighted by molar-refractivity contribution is -0.132. The Morgan fingerprint density at radius 2 is 1.80 bits per heavy atom. The molecule has 0 aromatic heterocycles. The molecule has 2 aliphatic rings. The minimum atomic E-state index is -1.98. The molecule has 2 aromatic rings. The highest BCUT2D eigenvalue weighted by atomic mass is 35.5. The molecule has 4 atom stereocenters. The van der Waals surface area contributed by atoms with Crippen molar-refractivity contribution >= 4 is 49.7 Å². The molecule has 1 fully saturated rings. The fraction of sp³-hybridized carbons (Fsp3) is 0.515. The Morgan fingerprint density at radius 1 is 1.11 bits per heavy atom. The van der Waals surface area contributed by atoms with E-state index >= 15 is 0 Å². The lowest BCUT2D eigenvalue weighted by Gasteiger charge is -2.46. The number of carboxylic acid groups (broad SMARTS) is 1. The molecule has 0 saturated heterocycles. The van der Waals surface area contributed by atoms with Gasteiger partial charge in [0.1, 0.15) is 6.61 Å². The molecule has 1 unspecified atom stereocenters. The van der Waals surface area contributed by atoms with E-state index in [1.807, 2.05) is 30.3 Å². The first-order valence-electron chi connectivity index (χ1n) is 15.4. The number of nitrogens with zero attached hydrogens (tertiary/aromatic N) is 2. The van der Waals surface area contributed by atoms with Gasteiger partial charge in [-0.25, -0.2) is 14.6 Å². The summed E-state index contributed by atoms with van der Waals surface area (Å²) in [5, 5.41) is 15.0. The van der Waals surface area contributed by atoms with Crippen molar-refractivity contribution in [3.8, 4) is 0 Å². The smallest absolute Gasteiger partial charge is 0.412 e. The van der Waals surface area contributed by atoms with E-state index in [9.17, 15) is 19.5 Å². The Hall–Kier alpha value is -3.41. The van der Waals surface area contributed by atoms with Gasteiger partial charge in [0.15, 0.2) is 8.32 Å². The molecule has 1 aliphatic heterocycles. The van der Waals surface area contributed by atoms with Crippen LogP contribution in [0.4, 0.5) is 15.3 Å². The number of rotatable bonds is 7. The van der Waals surface area contributed by atoms with Crippen LogP contribution < -0.4 is 10.6 Å². The Balaban J connectivity index is 1.54. The standard InChI is InChI=1S/C33H45ClN4O6Si/c1-21-18-23(16-17-26(21)44-45(6,7)32(2,3)4)38-27(39)19-33(5,37-29(38)36-30(40)41)24-14-11-15-25(28(24)34)35-31(42)43-20-22-12-9-8-10-13-22/h8-15,21,23,26H,16-20H2,1-7H3,(H,35,42)(H,36,37)(H,40,41)/t21-,23-,26?,33-/m0/s1. The van der Waals surface area contributed by atoms with Crippen molar-refractivity contribution in [1.29, 1.82) is 0 Å². The molecule has 0 radical (unpaired) electrons. The van der Waals surface area contributed by atoms with Crippen LogP contribution in [0.5, 0.6) is 0 Å². The zero-order valence-electron chi connectivity index (χ0n) is 27.1. The molecule has 12 heteroatoms. The van der Waals surface area contributed by atoms with Crippen LogP contribution in [0.3, 0.4) is 0 Å². The first-order valence-corrected chi connectivity index (χ1v) is 18.7. The first kappa shape index (κ1) is 34.5. The maximum absolute atomic E-state index is 13.9. The number of benzene rings is 2. The first-order chi connectivity index (χ1) is 21.0. The maximum Gasteiger partial charge on any atom is 0.412 e. The van der Waals surface area contributed by atoms with Crippen LogP contribution in [0.25, 0.3) is 0 Å². The number of guanidine groups is 1. The summed E-state index contributed by atoms with van der Waals surface area (Å²) >= 11 is 6.79. The van der Waals surface area contributed by atoms with Crippen molar-refractivity contribution in [3.05, 3.63) is 64.7 Å². The van der Waals surface area contributed by atoms with Crippen molar-refractivity contribution < 1.29 is 28.7 Å². The van der Waals surface area contributed by atoms with Gasteiger partial charge in [0.25, 0.3) is 0 Å². The number of nitrogens with one attached hydrogen (secondary N) is 2. The third kappa shape index (κ3) is 8.06. The van der Waals surface area contributed by atoms with Crippen LogP contribution in [0.15, 0.2) is 53.5 Å². The lowest BCUT2D eigenvalue weighted by Crippen LogP contribution is -2.58. The van der Waals surface area contributed by atoms with Crippen LogP contribution in [0.1, 0.15) is 71.4 Å². The molecule has 1 saturated carbocycles. The van der Waals surface area contributed by atoms with Crippen molar-refractivity contribution in [2.75, 3.05) is 5.32 Å². The summed E-state index contributed by atoms with van der Waals surface area (Å²) in [6.45, 7) is 15.1. The summed E-state index contributed by atoms with van der Waals surface area (Å²) in [5.74, 6) is -0.114.